The Morgan fingerprint density at radius 3 is 1.98 bits per heavy atom. The molecule has 8 rings (SSSR count). The van der Waals surface area contributed by atoms with Crippen LogP contribution in [0.4, 0.5) is 17.3 Å². The molecule has 1 aliphatic heterocycles. The van der Waals surface area contributed by atoms with Crippen LogP contribution in [0.2, 0.25) is 0 Å². The molecule has 0 amide bonds. The molecule has 0 aliphatic carbocycles. The van der Waals surface area contributed by atoms with Crippen LogP contribution in [0, 0.1) is 0 Å². The summed E-state index contributed by atoms with van der Waals surface area (Å²) in [6.07, 6.45) is 1.88. The van der Waals surface area contributed by atoms with Crippen molar-refractivity contribution in [2.24, 2.45) is 0 Å². The minimum absolute atomic E-state index is 0.212. The quantitative estimate of drug-likeness (QED) is 0.173. The van der Waals surface area contributed by atoms with Crippen LogP contribution in [-0.2, 0) is 17.9 Å². The first-order valence-corrected chi connectivity index (χ1v) is 17.9. The Kier molecular flexibility index (Phi) is 7.51. The van der Waals surface area contributed by atoms with Gasteiger partial charge in [-0.2, -0.15) is 0 Å². The third kappa shape index (κ3) is 5.35. The molecule has 227 valence electrons. The molecule has 0 saturated carbocycles. The number of rotatable bonds is 6. The molecule has 3 heterocycles. The third-order valence-electron chi connectivity index (χ3n) is 9.48. The van der Waals surface area contributed by atoms with Crippen LogP contribution < -0.4 is 15.3 Å². The van der Waals surface area contributed by atoms with Gasteiger partial charge in [0.25, 0.3) is 0 Å². The fraction of sp³-hybridized carbons (Fsp3) is 0.116. The molecule has 4 heteroatoms. The minimum Gasteiger partial charge on any atom is -0.278 e. The van der Waals surface area contributed by atoms with E-state index in [4.69, 9.17) is 9.97 Å². The van der Waals surface area contributed by atoms with E-state index in [9.17, 15) is 0 Å². The van der Waals surface area contributed by atoms with Gasteiger partial charge in [-0.1, -0.05) is 158 Å². The molecule has 0 saturated heterocycles. The molecule has 0 spiro atoms. The van der Waals surface area contributed by atoms with Crippen LogP contribution in [0.1, 0.15) is 30.7 Å². The largest absolute Gasteiger partial charge is 0.278 e. The summed E-state index contributed by atoms with van der Waals surface area (Å²) in [5.41, 5.74) is 6.89. The summed E-state index contributed by atoms with van der Waals surface area (Å²) < 4.78 is 0. The summed E-state index contributed by atoms with van der Waals surface area (Å²) in [6, 6.07) is 56.8. The molecule has 7 aromatic rings. The lowest BCUT2D eigenvalue weighted by Crippen LogP contribution is -2.56. The van der Waals surface area contributed by atoms with E-state index in [-0.39, 0.29) is 5.04 Å². The van der Waals surface area contributed by atoms with Crippen molar-refractivity contribution in [2.45, 2.75) is 31.7 Å². The van der Waals surface area contributed by atoms with E-state index >= 15 is 0 Å². The van der Waals surface area contributed by atoms with Crippen LogP contribution >= 0.6 is 0 Å². The van der Waals surface area contributed by atoms with E-state index in [0.29, 0.717) is 0 Å². The SMILES string of the molecule is CC(C)(c1cccc(N2c3ccccc3CCc3ccc(-c4cccc5ccccc45)nc32)n1)[Si](c1ccccc1)c1ccccc1. The van der Waals surface area contributed by atoms with Gasteiger partial charge < -0.3 is 0 Å². The van der Waals surface area contributed by atoms with Crippen molar-refractivity contribution in [3.8, 4) is 11.3 Å². The average Bonchev–Trinajstić information content (AvgIpc) is 3.29. The highest BCUT2D eigenvalue weighted by atomic mass is 28.3. The highest BCUT2D eigenvalue weighted by Gasteiger charge is 2.38. The van der Waals surface area contributed by atoms with Gasteiger partial charge in [-0.3, -0.25) is 4.90 Å². The standard InChI is InChI=1S/C43H36N3Si/c1-43(2,47(34-18-5-3-6-19-34)35-20-7-4-8-21-35)40-25-14-26-41(45-40)46-39-24-12-10-16-32(39)27-28-33-29-30-38(44-42(33)46)37-23-13-17-31-15-9-11-22-36(31)37/h3-26,29-30H,27-28H2,1-2H3. The van der Waals surface area contributed by atoms with E-state index in [2.05, 4.69) is 176 Å². The molecule has 0 N–H and O–H groups in total. The number of aryl methyl sites for hydroxylation is 2. The number of benzene rings is 5. The van der Waals surface area contributed by atoms with Crippen molar-refractivity contribution >= 4 is 47.3 Å². The van der Waals surface area contributed by atoms with Crippen molar-refractivity contribution in [3.63, 3.8) is 0 Å². The van der Waals surface area contributed by atoms with Gasteiger partial charge in [0.1, 0.15) is 20.4 Å². The van der Waals surface area contributed by atoms with Gasteiger partial charge in [-0.25, -0.2) is 9.97 Å². The van der Waals surface area contributed by atoms with Crippen LogP contribution in [-0.4, -0.2) is 18.8 Å². The van der Waals surface area contributed by atoms with Crippen molar-refractivity contribution in [1.29, 1.82) is 0 Å². The molecule has 3 nitrogen and oxygen atoms in total. The van der Waals surface area contributed by atoms with E-state index in [0.717, 1.165) is 47.1 Å². The van der Waals surface area contributed by atoms with E-state index in [1.807, 2.05) is 0 Å². The second kappa shape index (κ2) is 12.1. The summed E-state index contributed by atoms with van der Waals surface area (Å²) in [4.78, 5) is 13.3. The molecule has 1 radical (unpaired) electrons. The van der Waals surface area contributed by atoms with Crippen LogP contribution in [0.25, 0.3) is 22.0 Å². The summed E-state index contributed by atoms with van der Waals surface area (Å²) in [7, 11) is -1.26. The van der Waals surface area contributed by atoms with Crippen LogP contribution in [0.5, 0.6) is 0 Å². The molecular formula is C43H36N3Si. The predicted molar refractivity (Wildman–Crippen MR) is 198 cm³/mol. The van der Waals surface area contributed by atoms with Crippen LogP contribution in [0.3, 0.4) is 0 Å². The Balaban J connectivity index is 1.30. The zero-order chi connectivity index (χ0) is 31.8. The maximum absolute atomic E-state index is 5.54. The first-order valence-electron chi connectivity index (χ1n) is 16.4. The van der Waals surface area contributed by atoms with E-state index < -0.39 is 8.80 Å². The number of pyridine rings is 2. The predicted octanol–water partition coefficient (Wildman–Crippen LogP) is 8.99. The van der Waals surface area contributed by atoms with Gasteiger partial charge in [0.15, 0.2) is 0 Å². The smallest absolute Gasteiger partial charge is 0.142 e. The number of hydrogen-bond donors (Lipinski definition) is 0. The fourth-order valence-corrected chi connectivity index (χ4v) is 10.4. The van der Waals surface area contributed by atoms with Crippen LogP contribution in [0.15, 0.2) is 158 Å². The van der Waals surface area contributed by atoms with E-state index in [1.54, 1.807) is 0 Å². The molecule has 0 fully saturated rings. The lowest BCUT2D eigenvalue weighted by molar-refractivity contribution is 0.714. The molecule has 5 aromatic carbocycles. The highest BCUT2D eigenvalue weighted by Crippen LogP contribution is 2.42. The molecule has 0 bridgehead atoms. The number of aromatic nitrogens is 2. The number of anilines is 3. The van der Waals surface area contributed by atoms with Gasteiger partial charge >= 0.3 is 0 Å². The fourth-order valence-electron chi connectivity index (χ4n) is 7.14. The highest BCUT2D eigenvalue weighted by molar-refractivity contribution is 6.87. The molecule has 0 unspecified atom stereocenters. The van der Waals surface area contributed by atoms with Gasteiger partial charge in [0.05, 0.1) is 11.4 Å². The van der Waals surface area contributed by atoms with Crippen molar-refractivity contribution in [2.75, 3.05) is 4.90 Å². The molecular weight excluding hydrogens is 587 g/mol. The normalized spacial score (nSPS) is 12.9. The molecule has 0 atom stereocenters. The number of hydrogen-bond acceptors (Lipinski definition) is 3. The first-order chi connectivity index (χ1) is 23.1. The topological polar surface area (TPSA) is 29.0 Å². The van der Waals surface area contributed by atoms with E-state index in [1.165, 1.54) is 32.3 Å². The summed E-state index contributed by atoms with van der Waals surface area (Å²) in [5.74, 6) is 1.86. The number of nitrogens with zero attached hydrogens (tertiary/aromatic N) is 3. The third-order valence-corrected chi connectivity index (χ3v) is 12.8. The molecule has 2 aromatic heterocycles. The van der Waals surface area contributed by atoms with Gasteiger partial charge in [-0.05, 0) is 59.0 Å². The molecule has 47 heavy (non-hydrogen) atoms. The van der Waals surface area contributed by atoms with Gasteiger partial charge in [0.2, 0.25) is 0 Å². The maximum atomic E-state index is 5.54. The second-order valence-corrected chi connectivity index (χ2v) is 15.9. The second-order valence-electron chi connectivity index (χ2n) is 12.8. The van der Waals surface area contributed by atoms with Crippen molar-refractivity contribution in [1.82, 2.24) is 9.97 Å². The summed E-state index contributed by atoms with van der Waals surface area (Å²) >= 11 is 0. The van der Waals surface area contributed by atoms with Crippen molar-refractivity contribution in [3.05, 3.63) is 175 Å². The minimum atomic E-state index is -1.26. The number of fused-ring (bicyclic) bond motifs is 3. The lowest BCUT2D eigenvalue weighted by atomic mass is 10.0. The Morgan fingerprint density at radius 2 is 1.19 bits per heavy atom. The average molecular weight is 623 g/mol. The Morgan fingerprint density at radius 1 is 0.553 bits per heavy atom. The molecule has 1 aliphatic rings. The Labute approximate surface area is 278 Å². The monoisotopic (exact) mass is 622 g/mol. The summed E-state index contributed by atoms with van der Waals surface area (Å²) in [6.45, 7) is 4.74. The van der Waals surface area contributed by atoms with Gasteiger partial charge in [-0.15, -0.1) is 0 Å². The zero-order valence-corrected chi connectivity index (χ0v) is 27.8. The van der Waals surface area contributed by atoms with Crippen molar-refractivity contribution < 1.29 is 0 Å². The lowest BCUT2D eigenvalue weighted by Gasteiger charge is -2.34. The first kappa shape index (κ1) is 29.1. The Bertz CT molecular complexity index is 2150. The zero-order valence-electron chi connectivity index (χ0n) is 26.8. The summed E-state index contributed by atoms with van der Waals surface area (Å²) in [5, 5.41) is 4.98. The maximum Gasteiger partial charge on any atom is 0.142 e. The van der Waals surface area contributed by atoms with Gasteiger partial charge in [0, 0.05) is 16.3 Å². The number of para-hydroxylation sites is 1. The Hall–Kier alpha value is -5.32.